The number of benzene rings is 3. The normalized spacial score (nSPS) is 11.8. The summed E-state index contributed by atoms with van der Waals surface area (Å²) in [4.78, 5) is 26.2. The van der Waals surface area contributed by atoms with Gasteiger partial charge in [0.2, 0.25) is 5.78 Å². The molecule has 33 heavy (non-hydrogen) atoms. The Morgan fingerprint density at radius 3 is 2.48 bits per heavy atom. The number of hydrogen-bond donors (Lipinski definition) is 1. The van der Waals surface area contributed by atoms with E-state index in [1.54, 1.807) is 48.5 Å². The highest BCUT2D eigenvalue weighted by Gasteiger charge is 2.26. The average Bonchev–Trinajstić information content (AvgIpc) is 3.18. The van der Waals surface area contributed by atoms with Crippen LogP contribution in [0, 0.1) is 5.82 Å². The van der Waals surface area contributed by atoms with Crippen molar-refractivity contribution in [3.05, 3.63) is 88.3 Å². The van der Waals surface area contributed by atoms with Crippen molar-refractivity contribution in [3.8, 4) is 11.5 Å². The molecular weight excluding hydrogens is 493 g/mol. The van der Waals surface area contributed by atoms with E-state index < -0.39 is 23.6 Å². The van der Waals surface area contributed by atoms with E-state index in [9.17, 15) is 14.0 Å². The molecule has 0 radical (unpaired) electrons. The van der Waals surface area contributed by atoms with E-state index >= 15 is 0 Å². The van der Waals surface area contributed by atoms with Crippen molar-refractivity contribution in [1.29, 1.82) is 0 Å². The number of amides is 1. The molecule has 0 aliphatic rings. The zero-order valence-corrected chi connectivity index (χ0v) is 19.3. The van der Waals surface area contributed by atoms with Gasteiger partial charge in [0.1, 0.15) is 11.3 Å². The highest BCUT2D eigenvalue weighted by atomic mass is 79.9. The van der Waals surface area contributed by atoms with Gasteiger partial charge in [-0.2, -0.15) is 0 Å². The van der Waals surface area contributed by atoms with Crippen molar-refractivity contribution < 1.29 is 27.9 Å². The number of anilines is 1. The predicted molar refractivity (Wildman–Crippen MR) is 125 cm³/mol. The molecule has 6 nitrogen and oxygen atoms in total. The van der Waals surface area contributed by atoms with Gasteiger partial charge in [-0.1, -0.05) is 24.3 Å². The van der Waals surface area contributed by atoms with Crippen molar-refractivity contribution in [2.75, 3.05) is 12.4 Å². The molecule has 3 aromatic carbocycles. The van der Waals surface area contributed by atoms with E-state index in [0.717, 1.165) is 0 Å². The Morgan fingerprint density at radius 1 is 1.03 bits per heavy atom. The third-order valence-electron chi connectivity index (χ3n) is 4.97. The number of ether oxygens (including phenoxy) is 2. The van der Waals surface area contributed by atoms with Gasteiger partial charge in [0, 0.05) is 10.9 Å². The third kappa shape index (κ3) is 4.61. The van der Waals surface area contributed by atoms with Gasteiger partial charge in [-0.3, -0.25) is 9.59 Å². The molecule has 8 heteroatoms. The standard InChI is InChI=1S/C25H19BrFNO5/c1-14(32-21-10-6-4-8-18(21)27)25(30)28-22-16-7-3-5-9-19(16)33-24(22)23(29)15-11-12-20(31-2)17(26)13-15/h3-14H,1-2H3,(H,28,30). The Hall–Kier alpha value is -3.65. The van der Waals surface area contributed by atoms with Crippen LogP contribution in [0.25, 0.3) is 11.0 Å². The van der Waals surface area contributed by atoms with Crippen LogP contribution >= 0.6 is 15.9 Å². The molecule has 0 fully saturated rings. The molecule has 168 valence electrons. The van der Waals surface area contributed by atoms with E-state index in [1.807, 2.05) is 0 Å². The van der Waals surface area contributed by atoms with Crippen LogP contribution in [0.15, 0.2) is 75.6 Å². The SMILES string of the molecule is COc1ccc(C(=O)c2oc3ccccc3c2NC(=O)C(C)Oc2ccccc2F)cc1Br. The first-order valence-electron chi connectivity index (χ1n) is 10.0. The first-order valence-corrected chi connectivity index (χ1v) is 10.8. The van der Waals surface area contributed by atoms with Crippen molar-refractivity contribution in [3.63, 3.8) is 0 Å². The summed E-state index contributed by atoms with van der Waals surface area (Å²) in [5.41, 5.74) is 0.996. The van der Waals surface area contributed by atoms with E-state index in [2.05, 4.69) is 21.2 Å². The van der Waals surface area contributed by atoms with Gasteiger partial charge >= 0.3 is 0 Å². The lowest BCUT2D eigenvalue weighted by Crippen LogP contribution is -2.30. The largest absolute Gasteiger partial charge is 0.496 e. The van der Waals surface area contributed by atoms with Gasteiger partial charge < -0.3 is 19.2 Å². The fourth-order valence-electron chi connectivity index (χ4n) is 3.28. The van der Waals surface area contributed by atoms with E-state index in [1.165, 1.54) is 32.2 Å². The maximum atomic E-state index is 13.9. The minimum absolute atomic E-state index is 0.0280. The number of rotatable bonds is 7. The summed E-state index contributed by atoms with van der Waals surface area (Å²) >= 11 is 3.37. The fraction of sp³-hybridized carbons (Fsp3) is 0.120. The van der Waals surface area contributed by atoms with Crippen LogP contribution in [0.3, 0.4) is 0 Å². The van der Waals surface area contributed by atoms with E-state index in [0.29, 0.717) is 26.8 Å². The maximum Gasteiger partial charge on any atom is 0.265 e. The molecule has 1 heterocycles. The van der Waals surface area contributed by atoms with Gasteiger partial charge in [-0.25, -0.2) is 4.39 Å². The van der Waals surface area contributed by atoms with Crippen LogP contribution in [-0.4, -0.2) is 24.9 Å². The highest BCUT2D eigenvalue weighted by Crippen LogP contribution is 2.34. The number of furan rings is 1. The molecule has 1 aromatic heterocycles. The Morgan fingerprint density at radius 2 is 1.76 bits per heavy atom. The number of methoxy groups -OCH3 is 1. The summed E-state index contributed by atoms with van der Waals surface area (Å²) in [7, 11) is 1.53. The number of halogens is 2. The first-order chi connectivity index (χ1) is 15.9. The molecule has 1 amide bonds. The Kier molecular flexibility index (Phi) is 6.46. The van der Waals surface area contributed by atoms with Crippen LogP contribution in [0.5, 0.6) is 11.5 Å². The Balaban J connectivity index is 1.66. The molecule has 0 saturated heterocycles. The first kappa shape index (κ1) is 22.5. The van der Waals surface area contributed by atoms with Crippen molar-refractivity contribution in [2.24, 2.45) is 0 Å². The van der Waals surface area contributed by atoms with Gasteiger partial charge in [0.05, 0.1) is 17.3 Å². The summed E-state index contributed by atoms with van der Waals surface area (Å²) in [6.45, 7) is 1.49. The lowest BCUT2D eigenvalue weighted by Gasteiger charge is -2.15. The number of nitrogens with one attached hydrogen (secondary N) is 1. The molecule has 0 aliphatic carbocycles. The van der Waals surface area contributed by atoms with Gasteiger partial charge in [0.15, 0.2) is 23.4 Å². The average molecular weight is 512 g/mol. The Labute approximate surface area is 197 Å². The number of hydrogen-bond acceptors (Lipinski definition) is 5. The third-order valence-corrected chi connectivity index (χ3v) is 5.59. The molecule has 0 saturated carbocycles. The lowest BCUT2D eigenvalue weighted by molar-refractivity contribution is -0.122. The summed E-state index contributed by atoms with van der Waals surface area (Å²) in [6, 6.07) is 17.7. The molecule has 1 N–H and O–H groups in total. The molecule has 1 unspecified atom stereocenters. The molecule has 4 rings (SSSR count). The Bertz CT molecular complexity index is 1350. The number of para-hydroxylation sites is 2. The van der Waals surface area contributed by atoms with Gasteiger partial charge in [-0.15, -0.1) is 0 Å². The van der Waals surface area contributed by atoms with Gasteiger partial charge in [-0.05, 0) is 65.3 Å². The maximum absolute atomic E-state index is 13.9. The minimum atomic E-state index is -1.03. The lowest BCUT2D eigenvalue weighted by atomic mass is 10.1. The number of fused-ring (bicyclic) bond motifs is 1. The molecule has 0 aliphatic heterocycles. The number of carbonyl (C=O) groups is 2. The predicted octanol–water partition coefficient (Wildman–Crippen LogP) is 5.98. The van der Waals surface area contributed by atoms with Crippen LogP contribution in [0.2, 0.25) is 0 Å². The summed E-state index contributed by atoms with van der Waals surface area (Å²) in [5.74, 6) is -1.06. The van der Waals surface area contributed by atoms with Crippen LogP contribution in [-0.2, 0) is 4.79 Å². The van der Waals surface area contributed by atoms with E-state index in [4.69, 9.17) is 13.9 Å². The van der Waals surface area contributed by atoms with Crippen molar-refractivity contribution in [1.82, 2.24) is 0 Å². The zero-order chi connectivity index (χ0) is 23.5. The minimum Gasteiger partial charge on any atom is -0.496 e. The molecule has 0 bridgehead atoms. The van der Waals surface area contributed by atoms with Crippen LogP contribution < -0.4 is 14.8 Å². The topological polar surface area (TPSA) is 77.8 Å². The highest BCUT2D eigenvalue weighted by molar-refractivity contribution is 9.10. The summed E-state index contributed by atoms with van der Waals surface area (Å²) < 4.78 is 31.0. The van der Waals surface area contributed by atoms with Gasteiger partial charge in [0.25, 0.3) is 5.91 Å². The molecule has 4 aromatic rings. The smallest absolute Gasteiger partial charge is 0.265 e. The van der Waals surface area contributed by atoms with Crippen LogP contribution in [0.4, 0.5) is 10.1 Å². The van der Waals surface area contributed by atoms with Crippen molar-refractivity contribution in [2.45, 2.75) is 13.0 Å². The number of ketones is 1. The zero-order valence-electron chi connectivity index (χ0n) is 17.7. The quantitative estimate of drug-likeness (QED) is 0.309. The summed E-state index contributed by atoms with van der Waals surface area (Å²) in [5, 5.41) is 3.28. The second-order valence-corrected chi connectivity index (χ2v) is 8.01. The fourth-order valence-corrected chi connectivity index (χ4v) is 3.82. The second kappa shape index (κ2) is 9.46. The monoisotopic (exact) mass is 511 g/mol. The summed E-state index contributed by atoms with van der Waals surface area (Å²) in [6.07, 6.45) is -1.03. The molecular formula is C25H19BrFNO5. The molecule has 0 spiro atoms. The van der Waals surface area contributed by atoms with Crippen molar-refractivity contribution >= 4 is 44.3 Å². The van der Waals surface area contributed by atoms with Crippen LogP contribution in [0.1, 0.15) is 23.0 Å². The second-order valence-electron chi connectivity index (χ2n) is 7.16. The van der Waals surface area contributed by atoms with E-state index in [-0.39, 0.29) is 17.2 Å². The number of carbonyl (C=O) groups excluding carboxylic acids is 2. The molecule has 1 atom stereocenters.